The van der Waals surface area contributed by atoms with Crippen LogP contribution in [0.25, 0.3) is 0 Å². The maximum atomic E-state index is 11.8. The molecule has 1 aromatic carbocycles. The van der Waals surface area contributed by atoms with Crippen molar-refractivity contribution in [3.63, 3.8) is 0 Å². The molecule has 2 N–H and O–H groups in total. The van der Waals surface area contributed by atoms with E-state index in [1.807, 2.05) is 12.1 Å². The van der Waals surface area contributed by atoms with E-state index < -0.39 is 11.6 Å². The van der Waals surface area contributed by atoms with Crippen molar-refractivity contribution in [3.05, 3.63) is 29.8 Å². The molecule has 0 aromatic heterocycles. The SMILES string of the molecule is COC(C)(C)C(=O)NCCc1ccc(OCC(=O)O)cc1. The van der Waals surface area contributed by atoms with Gasteiger partial charge < -0.3 is 19.9 Å². The lowest BCUT2D eigenvalue weighted by molar-refractivity contribution is -0.140. The number of aliphatic carboxylic acids is 1. The first-order valence-corrected chi connectivity index (χ1v) is 6.62. The van der Waals surface area contributed by atoms with Crippen molar-refractivity contribution in [2.75, 3.05) is 20.3 Å². The van der Waals surface area contributed by atoms with Crippen molar-refractivity contribution in [3.8, 4) is 5.75 Å². The minimum absolute atomic E-state index is 0.161. The normalized spacial score (nSPS) is 11.0. The van der Waals surface area contributed by atoms with Crippen molar-refractivity contribution >= 4 is 11.9 Å². The van der Waals surface area contributed by atoms with Crippen molar-refractivity contribution in [1.29, 1.82) is 0 Å². The predicted molar refractivity (Wildman–Crippen MR) is 77.4 cm³/mol. The molecule has 6 heteroatoms. The maximum Gasteiger partial charge on any atom is 0.341 e. The van der Waals surface area contributed by atoms with Crippen molar-refractivity contribution in [1.82, 2.24) is 5.32 Å². The summed E-state index contributed by atoms with van der Waals surface area (Å²) in [4.78, 5) is 22.2. The molecule has 0 aliphatic heterocycles. The maximum absolute atomic E-state index is 11.8. The van der Waals surface area contributed by atoms with E-state index in [0.29, 0.717) is 18.7 Å². The molecule has 0 saturated heterocycles. The molecular formula is C15H21NO5. The number of nitrogens with one attached hydrogen (secondary N) is 1. The number of ether oxygens (including phenoxy) is 2. The molecule has 116 valence electrons. The predicted octanol–water partition coefficient (Wildman–Crippen LogP) is 1.23. The Bertz CT molecular complexity index is 481. The lowest BCUT2D eigenvalue weighted by Crippen LogP contribution is -2.44. The van der Waals surface area contributed by atoms with Gasteiger partial charge in [-0.1, -0.05) is 12.1 Å². The minimum Gasteiger partial charge on any atom is -0.482 e. The number of benzene rings is 1. The summed E-state index contributed by atoms with van der Waals surface area (Å²) in [6, 6.07) is 7.09. The number of carbonyl (C=O) groups is 2. The monoisotopic (exact) mass is 295 g/mol. The number of amides is 1. The van der Waals surface area contributed by atoms with Gasteiger partial charge in [-0.05, 0) is 38.0 Å². The number of methoxy groups -OCH3 is 1. The third kappa shape index (κ3) is 5.83. The fraction of sp³-hybridized carbons (Fsp3) is 0.467. The summed E-state index contributed by atoms with van der Waals surface area (Å²) >= 11 is 0. The quantitative estimate of drug-likeness (QED) is 0.753. The standard InChI is InChI=1S/C15H21NO5/c1-15(2,20-3)14(19)16-9-8-11-4-6-12(7-5-11)21-10-13(17)18/h4-7H,8-10H2,1-3H3,(H,16,19)(H,17,18). The molecule has 0 heterocycles. The highest BCUT2D eigenvalue weighted by molar-refractivity contribution is 5.84. The van der Waals surface area contributed by atoms with Crippen molar-refractivity contribution < 1.29 is 24.2 Å². The lowest BCUT2D eigenvalue weighted by atomic mass is 10.1. The molecule has 1 amide bonds. The molecule has 0 fully saturated rings. The Morgan fingerprint density at radius 3 is 2.38 bits per heavy atom. The largest absolute Gasteiger partial charge is 0.482 e. The number of hydrogen-bond acceptors (Lipinski definition) is 4. The third-order valence-electron chi connectivity index (χ3n) is 3.04. The van der Waals surface area contributed by atoms with Gasteiger partial charge in [0.15, 0.2) is 6.61 Å². The first-order valence-electron chi connectivity index (χ1n) is 6.62. The van der Waals surface area contributed by atoms with Gasteiger partial charge in [0.25, 0.3) is 5.91 Å². The summed E-state index contributed by atoms with van der Waals surface area (Å²) in [5.41, 5.74) is 0.183. The highest BCUT2D eigenvalue weighted by atomic mass is 16.5. The number of rotatable bonds is 8. The molecule has 6 nitrogen and oxygen atoms in total. The van der Waals surface area contributed by atoms with E-state index in [0.717, 1.165) is 5.56 Å². The second-order valence-corrected chi connectivity index (χ2v) is 5.05. The number of hydrogen-bond donors (Lipinski definition) is 2. The zero-order chi connectivity index (χ0) is 15.9. The van der Waals surface area contributed by atoms with Gasteiger partial charge in [0, 0.05) is 13.7 Å². The number of carboxylic acids is 1. The Morgan fingerprint density at radius 1 is 1.24 bits per heavy atom. The zero-order valence-electron chi connectivity index (χ0n) is 12.5. The molecule has 1 aromatic rings. The summed E-state index contributed by atoms with van der Waals surface area (Å²) in [5, 5.41) is 11.3. The topological polar surface area (TPSA) is 84.9 Å². The fourth-order valence-corrected chi connectivity index (χ4v) is 1.52. The van der Waals surface area contributed by atoms with Crippen LogP contribution in [0, 0.1) is 0 Å². The van der Waals surface area contributed by atoms with Gasteiger partial charge in [-0.15, -0.1) is 0 Å². The minimum atomic E-state index is -1.01. The summed E-state index contributed by atoms with van der Waals surface area (Å²) in [6.07, 6.45) is 0.671. The van der Waals surface area contributed by atoms with Crippen LogP contribution in [-0.2, 0) is 20.7 Å². The molecule has 0 saturated carbocycles. The van der Waals surface area contributed by atoms with Gasteiger partial charge in [0.05, 0.1) is 0 Å². The van der Waals surface area contributed by atoms with E-state index in [-0.39, 0.29) is 12.5 Å². The van der Waals surface area contributed by atoms with E-state index >= 15 is 0 Å². The number of carboxylic acid groups (broad SMARTS) is 1. The molecule has 0 aliphatic carbocycles. The van der Waals surface area contributed by atoms with E-state index in [1.54, 1.807) is 26.0 Å². The smallest absolute Gasteiger partial charge is 0.341 e. The highest BCUT2D eigenvalue weighted by Gasteiger charge is 2.26. The van der Waals surface area contributed by atoms with Crippen LogP contribution in [-0.4, -0.2) is 42.8 Å². The Hall–Kier alpha value is -2.08. The zero-order valence-corrected chi connectivity index (χ0v) is 12.5. The van der Waals surface area contributed by atoms with Crippen LogP contribution in [0.5, 0.6) is 5.75 Å². The average Bonchev–Trinajstić information content (AvgIpc) is 2.46. The molecule has 1 rings (SSSR count). The second-order valence-electron chi connectivity index (χ2n) is 5.05. The Kier molecular flexibility index (Phi) is 6.17. The van der Waals surface area contributed by atoms with Crippen LogP contribution in [0.2, 0.25) is 0 Å². The van der Waals surface area contributed by atoms with E-state index in [1.165, 1.54) is 7.11 Å². The summed E-state index contributed by atoms with van der Waals surface area (Å²) < 4.78 is 10.1. The Balaban J connectivity index is 2.39. The van der Waals surface area contributed by atoms with Crippen LogP contribution in [0.3, 0.4) is 0 Å². The summed E-state index contributed by atoms with van der Waals surface area (Å²) in [6.45, 7) is 3.55. The van der Waals surface area contributed by atoms with Crippen LogP contribution in [0.15, 0.2) is 24.3 Å². The van der Waals surface area contributed by atoms with Gasteiger partial charge in [0.1, 0.15) is 11.4 Å². The van der Waals surface area contributed by atoms with Crippen LogP contribution in [0.1, 0.15) is 19.4 Å². The van der Waals surface area contributed by atoms with Crippen LogP contribution in [0.4, 0.5) is 0 Å². The Morgan fingerprint density at radius 2 is 1.86 bits per heavy atom. The van der Waals surface area contributed by atoms with E-state index in [2.05, 4.69) is 5.32 Å². The van der Waals surface area contributed by atoms with Gasteiger partial charge in [-0.2, -0.15) is 0 Å². The molecule has 0 atom stereocenters. The first kappa shape index (κ1) is 17.0. The van der Waals surface area contributed by atoms with Gasteiger partial charge in [-0.3, -0.25) is 4.79 Å². The fourth-order valence-electron chi connectivity index (χ4n) is 1.52. The molecular weight excluding hydrogens is 274 g/mol. The molecule has 0 bridgehead atoms. The Labute approximate surface area is 124 Å². The third-order valence-corrected chi connectivity index (χ3v) is 3.04. The summed E-state index contributed by atoms with van der Waals surface area (Å²) in [7, 11) is 1.50. The number of carbonyl (C=O) groups excluding carboxylic acids is 1. The van der Waals surface area contributed by atoms with Crippen LogP contribution >= 0.6 is 0 Å². The van der Waals surface area contributed by atoms with Crippen molar-refractivity contribution in [2.24, 2.45) is 0 Å². The van der Waals surface area contributed by atoms with Gasteiger partial charge >= 0.3 is 5.97 Å². The average molecular weight is 295 g/mol. The molecule has 0 unspecified atom stereocenters. The summed E-state index contributed by atoms with van der Waals surface area (Å²) in [5.74, 6) is -0.667. The van der Waals surface area contributed by atoms with Gasteiger partial charge in [0.2, 0.25) is 0 Å². The molecule has 21 heavy (non-hydrogen) atoms. The van der Waals surface area contributed by atoms with E-state index in [9.17, 15) is 9.59 Å². The lowest BCUT2D eigenvalue weighted by Gasteiger charge is -2.21. The van der Waals surface area contributed by atoms with Gasteiger partial charge in [-0.25, -0.2) is 4.79 Å². The first-order chi connectivity index (χ1) is 9.85. The molecule has 0 radical (unpaired) electrons. The van der Waals surface area contributed by atoms with E-state index in [4.69, 9.17) is 14.6 Å². The molecule has 0 spiro atoms. The highest BCUT2D eigenvalue weighted by Crippen LogP contribution is 2.12. The van der Waals surface area contributed by atoms with Crippen LogP contribution < -0.4 is 10.1 Å². The van der Waals surface area contributed by atoms with Crippen molar-refractivity contribution in [2.45, 2.75) is 25.9 Å². The second kappa shape index (κ2) is 7.64. The molecule has 0 aliphatic rings.